The van der Waals surface area contributed by atoms with E-state index >= 15 is 0 Å². The first-order chi connectivity index (χ1) is 5.79. The fraction of sp³-hybridized carbons (Fsp3) is 0.182. The van der Waals surface area contributed by atoms with Gasteiger partial charge in [0.1, 0.15) is 6.29 Å². The molecule has 0 N–H and O–H groups in total. The summed E-state index contributed by atoms with van der Waals surface area (Å²) in [7, 11) is 0. The molecule has 0 bridgehead atoms. The second-order valence-electron chi connectivity index (χ2n) is 2.66. The van der Waals surface area contributed by atoms with Gasteiger partial charge in [-0.15, -0.1) is 6.42 Å². The van der Waals surface area contributed by atoms with Crippen molar-refractivity contribution in [2.45, 2.75) is 12.8 Å². The monoisotopic (exact) mass is 158 g/mol. The van der Waals surface area contributed by atoms with Gasteiger partial charge in [0.05, 0.1) is 0 Å². The molecule has 1 rings (SSSR count). The van der Waals surface area contributed by atoms with Crippen LogP contribution in [-0.2, 0) is 4.79 Å². The second kappa shape index (κ2) is 3.73. The molecule has 0 heterocycles. The van der Waals surface area contributed by atoms with Crippen molar-refractivity contribution >= 4 is 6.29 Å². The Morgan fingerprint density at radius 2 is 2.17 bits per heavy atom. The largest absolute Gasteiger partial charge is 0.303 e. The van der Waals surface area contributed by atoms with E-state index in [2.05, 4.69) is 5.92 Å². The van der Waals surface area contributed by atoms with Crippen LogP contribution < -0.4 is 0 Å². The topological polar surface area (TPSA) is 17.1 Å². The molecule has 0 aromatic heterocycles. The molecular weight excluding hydrogens is 148 g/mol. The summed E-state index contributed by atoms with van der Waals surface area (Å²) in [6.07, 6.45) is 6.18. The summed E-state index contributed by atoms with van der Waals surface area (Å²) < 4.78 is 0. The number of carbonyl (C=O) groups excluding carboxylic acids is 1. The highest BCUT2D eigenvalue weighted by molar-refractivity contribution is 5.64. The lowest BCUT2D eigenvalue weighted by Crippen LogP contribution is -1.97. The van der Waals surface area contributed by atoms with Crippen molar-refractivity contribution in [1.29, 1.82) is 0 Å². The third-order valence-corrected chi connectivity index (χ3v) is 1.81. The van der Waals surface area contributed by atoms with Crippen LogP contribution in [0.4, 0.5) is 0 Å². The van der Waals surface area contributed by atoms with E-state index in [0.717, 1.165) is 17.4 Å². The highest BCUT2D eigenvalue weighted by Gasteiger charge is 2.06. The lowest BCUT2D eigenvalue weighted by atomic mass is 9.97. The minimum absolute atomic E-state index is 0.114. The van der Waals surface area contributed by atoms with E-state index in [9.17, 15) is 4.79 Å². The second-order valence-corrected chi connectivity index (χ2v) is 2.66. The van der Waals surface area contributed by atoms with Crippen molar-refractivity contribution in [2.75, 3.05) is 0 Å². The number of rotatable bonds is 2. The van der Waals surface area contributed by atoms with Gasteiger partial charge in [-0.3, -0.25) is 0 Å². The molecule has 0 saturated carbocycles. The van der Waals surface area contributed by atoms with Gasteiger partial charge in [-0.05, 0) is 11.6 Å². The fourth-order valence-electron chi connectivity index (χ4n) is 1.10. The summed E-state index contributed by atoms with van der Waals surface area (Å²) in [6.45, 7) is 1.84. The predicted molar refractivity (Wildman–Crippen MR) is 48.9 cm³/mol. The Hall–Kier alpha value is -1.55. The van der Waals surface area contributed by atoms with E-state index < -0.39 is 0 Å². The van der Waals surface area contributed by atoms with E-state index in [1.807, 2.05) is 31.2 Å². The first-order valence-corrected chi connectivity index (χ1v) is 3.80. The van der Waals surface area contributed by atoms with Gasteiger partial charge in [0, 0.05) is 11.5 Å². The summed E-state index contributed by atoms with van der Waals surface area (Å²) >= 11 is 0. The number of carbonyl (C=O) groups is 1. The smallest absolute Gasteiger partial charge is 0.127 e. The number of hydrogen-bond acceptors (Lipinski definition) is 1. The molecule has 1 heteroatoms. The van der Waals surface area contributed by atoms with E-state index in [0.29, 0.717) is 0 Å². The van der Waals surface area contributed by atoms with E-state index in [-0.39, 0.29) is 5.92 Å². The molecule has 0 saturated heterocycles. The van der Waals surface area contributed by atoms with Crippen molar-refractivity contribution in [3.63, 3.8) is 0 Å². The van der Waals surface area contributed by atoms with Gasteiger partial charge < -0.3 is 4.79 Å². The molecule has 0 aliphatic rings. The lowest BCUT2D eigenvalue weighted by Gasteiger charge is -2.05. The zero-order chi connectivity index (χ0) is 8.97. The summed E-state index contributed by atoms with van der Waals surface area (Å²) in [5, 5.41) is 0. The Morgan fingerprint density at radius 1 is 1.50 bits per heavy atom. The maximum atomic E-state index is 10.5. The Labute approximate surface area is 72.4 Å². The van der Waals surface area contributed by atoms with Crippen LogP contribution in [-0.4, -0.2) is 6.29 Å². The maximum absolute atomic E-state index is 10.5. The summed E-state index contributed by atoms with van der Waals surface area (Å²) in [6, 6.07) is 7.48. The predicted octanol–water partition coefficient (Wildman–Crippen LogP) is 1.97. The molecule has 1 aromatic rings. The first-order valence-electron chi connectivity index (χ1n) is 3.80. The van der Waals surface area contributed by atoms with Gasteiger partial charge in [0.2, 0.25) is 0 Å². The highest BCUT2D eigenvalue weighted by atomic mass is 16.1. The molecule has 0 aliphatic heterocycles. The SMILES string of the molecule is C#Cc1ccccc1C(C)C=O. The van der Waals surface area contributed by atoms with E-state index in [1.165, 1.54) is 0 Å². The van der Waals surface area contributed by atoms with E-state index in [4.69, 9.17) is 6.42 Å². The summed E-state index contributed by atoms with van der Waals surface area (Å²) in [5.41, 5.74) is 1.73. The minimum atomic E-state index is -0.114. The summed E-state index contributed by atoms with van der Waals surface area (Å²) in [4.78, 5) is 10.5. The molecular formula is C11H10O. The Balaban J connectivity index is 3.15. The van der Waals surface area contributed by atoms with Crippen molar-refractivity contribution in [3.05, 3.63) is 35.4 Å². The van der Waals surface area contributed by atoms with Gasteiger partial charge in [-0.25, -0.2) is 0 Å². The third kappa shape index (κ3) is 1.54. The number of aldehydes is 1. The first kappa shape index (κ1) is 8.55. The Bertz CT molecular complexity index is 320. The quantitative estimate of drug-likeness (QED) is 0.475. The maximum Gasteiger partial charge on any atom is 0.127 e. The third-order valence-electron chi connectivity index (χ3n) is 1.81. The molecule has 0 aliphatic carbocycles. The van der Waals surface area contributed by atoms with Gasteiger partial charge in [0.15, 0.2) is 0 Å². The van der Waals surface area contributed by atoms with Crippen molar-refractivity contribution in [3.8, 4) is 12.3 Å². The molecule has 1 atom stereocenters. The van der Waals surface area contributed by atoms with Crippen LogP contribution >= 0.6 is 0 Å². The van der Waals surface area contributed by atoms with Crippen LogP contribution in [0.25, 0.3) is 0 Å². The van der Waals surface area contributed by atoms with Gasteiger partial charge in [-0.2, -0.15) is 0 Å². The molecule has 12 heavy (non-hydrogen) atoms. The molecule has 1 unspecified atom stereocenters. The zero-order valence-corrected chi connectivity index (χ0v) is 6.95. The number of terminal acetylenes is 1. The molecule has 60 valence electrons. The van der Waals surface area contributed by atoms with Crippen molar-refractivity contribution < 1.29 is 4.79 Å². The van der Waals surface area contributed by atoms with Crippen LogP contribution in [0.1, 0.15) is 24.0 Å². The van der Waals surface area contributed by atoms with E-state index in [1.54, 1.807) is 0 Å². The van der Waals surface area contributed by atoms with Crippen LogP contribution in [0, 0.1) is 12.3 Å². The molecule has 1 aromatic carbocycles. The number of hydrogen-bond donors (Lipinski definition) is 0. The number of benzene rings is 1. The average Bonchev–Trinajstić information content (AvgIpc) is 2.16. The van der Waals surface area contributed by atoms with Gasteiger partial charge in [0.25, 0.3) is 0 Å². The summed E-state index contributed by atoms with van der Waals surface area (Å²) in [5.74, 6) is 2.44. The average molecular weight is 158 g/mol. The molecule has 1 nitrogen and oxygen atoms in total. The molecule has 0 radical (unpaired) electrons. The van der Waals surface area contributed by atoms with Crippen molar-refractivity contribution in [1.82, 2.24) is 0 Å². The molecule has 0 spiro atoms. The zero-order valence-electron chi connectivity index (χ0n) is 6.95. The fourth-order valence-corrected chi connectivity index (χ4v) is 1.10. The van der Waals surface area contributed by atoms with Crippen LogP contribution in [0.5, 0.6) is 0 Å². The van der Waals surface area contributed by atoms with Gasteiger partial charge >= 0.3 is 0 Å². The van der Waals surface area contributed by atoms with Crippen molar-refractivity contribution in [2.24, 2.45) is 0 Å². The Kier molecular flexibility index (Phi) is 2.66. The normalized spacial score (nSPS) is 11.7. The van der Waals surface area contributed by atoms with Crippen LogP contribution in [0.3, 0.4) is 0 Å². The standard InChI is InChI=1S/C11H10O/c1-3-10-6-4-5-7-11(10)9(2)8-12/h1,4-9H,2H3. The van der Waals surface area contributed by atoms with Crippen LogP contribution in [0.15, 0.2) is 24.3 Å². The van der Waals surface area contributed by atoms with Gasteiger partial charge in [-0.1, -0.05) is 31.0 Å². The molecule has 0 amide bonds. The Morgan fingerprint density at radius 3 is 2.75 bits per heavy atom. The minimum Gasteiger partial charge on any atom is -0.303 e. The highest BCUT2D eigenvalue weighted by Crippen LogP contribution is 2.16. The van der Waals surface area contributed by atoms with Crippen LogP contribution in [0.2, 0.25) is 0 Å². The lowest BCUT2D eigenvalue weighted by molar-refractivity contribution is -0.108. The molecule has 0 fully saturated rings.